The van der Waals surface area contributed by atoms with Gasteiger partial charge in [-0.1, -0.05) is 0 Å². The zero-order chi connectivity index (χ0) is 8.48. The van der Waals surface area contributed by atoms with Crippen molar-refractivity contribution in [2.75, 3.05) is 11.5 Å². The molecule has 0 radical (unpaired) electrons. The summed E-state index contributed by atoms with van der Waals surface area (Å²) in [6.07, 6.45) is 1.05. The first-order valence-corrected chi connectivity index (χ1v) is 5.38. The third kappa shape index (κ3) is 2.18. The van der Waals surface area contributed by atoms with Crippen molar-refractivity contribution in [3.05, 3.63) is 0 Å². The van der Waals surface area contributed by atoms with Gasteiger partial charge in [-0.25, -0.2) is 8.42 Å². The van der Waals surface area contributed by atoms with Crippen molar-refractivity contribution in [3.8, 4) is 0 Å². The molecule has 4 nitrogen and oxygen atoms in total. The van der Waals surface area contributed by atoms with Crippen molar-refractivity contribution >= 4 is 15.7 Å². The Hall–Kier alpha value is -0.580. The summed E-state index contributed by atoms with van der Waals surface area (Å²) in [6.45, 7) is 0. The summed E-state index contributed by atoms with van der Waals surface area (Å²) in [5.74, 6) is 0.507. The fourth-order valence-electron chi connectivity index (χ4n) is 1.20. The van der Waals surface area contributed by atoms with Crippen LogP contribution in [0.3, 0.4) is 0 Å². The maximum Gasteiger partial charge on any atom is 0.150 e. The Labute approximate surface area is 66.2 Å². The van der Waals surface area contributed by atoms with Crippen molar-refractivity contribution in [3.63, 3.8) is 0 Å². The third-order valence-corrected chi connectivity index (χ3v) is 3.71. The molecular weight excluding hydrogens is 164 g/mol. The Kier molecular flexibility index (Phi) is 2.17. The van der Waals surface area contributed by atoms with Crippen molar-refractivity contribution < 1.29 is 8.42 Å². The summed E-state index contributed by atoms with van der Waals surface area (Å²) in [6, 6.07) is 0. The number of amidine groups is 1. The van der Waals surface area contributed by atoms with Gasteiger partial charge in [0.25, 0.3) is 0 Å². The predicted octanol–water partition coefficient (Wildman–Crippen LogP) is -0.253. The highest BCUT2D eigenvalue weighted by Crippen LogP contribution is 2.17. The van der Waals surface area contributed by atoms with E-state index < -0.39 is 9.84 Å². The second kappa shape index (κ2) is 2.81. The Morgan fingerprint density at radius 1 is 1.36 bits per heavy atom. The van der Waals surface area contributed by atoms with Gasteiger partial charge in [-0.05, 0) is 12.8 Å². The van der Waals surface area contributed by atoms with E-state index in [9.17, 15) is 8.42 Å². The van der Waals surface area contributed by atoms with E-state index in [1.165, 1.54) is 0 Å². The van der Waals surface area contributed by atoms with Crippen LogP contribution < -0.4 is 5.73 Å². The van der Waals surface area contributed by atoms with Gasteiger partial charge >= 0.3 is 0 Å². The highest BCUT2D eigenvalue weighted by atomic mass is 32.2. The van der Waals surface area contributed by atoms with Crippen molar-refractivity contribution in [2.45, 2.75) is 12.8 Å². The second-order valence-electron chi connectivity index (χ2n) is 2.88. The van der Waals surface area contributed by atoms with Crippen LogP contribution in [-0.4, -0.2) is 25.8 Å². The molecule has 1 aliphatic rings. The van der Waals surface area contributed by atoms with Crippen molar-refractivity contribution in [1.29, 1.82) is 5.41 Å². The molecule has 1 rings (SSSR count). The topological polar surface area (TPSA) is 84.0 Å². The summed E-state index contributed by atoms with van der Waals surface area (Å²) < 4.78 is 21.8. The SMILES string of the molecule is N=C(N)C1CCS(=O)(=O)CC1. The number of rotatable bonds is 1. The van der Waals surface area contributed by atoms with Gasteiger partial charge in [0, 0.05) is 5.92 Å². The molecule has 0 aromatic rings. The number of sulfone groups is 1. The van der Waals surface area contributed by atoms with Crippen LogP contribution in [-0.2, 0) is 9.84 Å². The van der Waals surface area contributed by atoms with Crippen LogP contribution >= 0.6 is 0 Å². The minimum Gasteiger partial charge on any atom is -0.387 e. The van der Waals surface area contributed by atoms with Crippen molar-refractivity contribution in [1.82, 2.24) is 0 Å². The highest BCUT2D eigenvalue weighted by Gasteiger charge is 2.24. The first-order chi connectivity index (χ1) is 5.01. The predicted molar refractivity (Wildman–Crippen MR) is 43.3 cm³/mol. The van der Waals surface area contributed by atoms with E-state index in [-0.39, 0.29) is 23.3 Å². The van der Waals surface area contributed by atoms with E-state index in [4.69, 9.17) is 11.1 Å². The molecule has 0 amide bonds. The molecule has 0 aromatic heterocycles. The van der Waals surface area contributed by atoms with Gasteiger partial charge in [-0.15, -0.1) is 0 Å². The first kappa shape index (κ1) is 8.52. The van der Waals surface area contributed by atoms with Crippen molar-refractivity contribution in [2.24, 2.45) is 11.7 Å². The fraction of sp³-hybridized carbons (Fsp3) is 0.833. The van der Waals surface area contributed by atoms with Crippen LogP contribution in [0.1, 0.15) is 12.8 Å². The van der Waals surface area contributed by atoms with Gasteiger partial charge in [-0.3, -0.25) is 5.41 Å². The largest absolute Gasteiger partial charge is 0.387 e. The lowest BCUT2D eigenvalue weighted by Crippen LogP contribution is -2.31. The van der Waals surface area contributed by atoms with Gasteiger partial charge < -0.3 is 5.73 Å². The summed E-state index contributed by atoms with van der Waals surface area (Å²) in [5.41, 5.74) is 5.24. The van der Waals surface area contributed by atoms with E-state index in [2.05, 4.69) is 0 Å². The second-order valence-corrected chi connectivity index (χ2v) is 5.19. The Balaban J connectivity index is 2.56. The minimum atomic E-state index is -2.80. The zero-order valence-electron chi connectivity index (χ0n) is 6.21. The lowest BCUT2D eigenvalue weighted by molar-refractivity contribution is 0.547. The molecule has 11 heavy (non-hydrogen) atoms. The summed E-state index contributed by atoms with van der Waals surface area (Å²) >= 11 is 0. The zero-order valence-corrected chi connectivity index (χ0v) is 7.02. The maximum absolute atomic E-state index is 10.9. The molecule has 1 fully saturated rings. The van der Waals surface area contributed by atoms with Gasteiger partial charge in [0.2, 0.25) is 0 Å². The quantitative estimate of drug-likeness (QED) is 0.426. The average molecular weight is 176 g/mol. The van der Waals surface area contributed by atoms with Gasteiger partial charge in [0.15, 0.2) is 0 Å². The van der Waals surface area contributed by atoms with E-state index in [1.54, 1.807) is 0 Å². The molecule has 1 heterocycles. The lowest BCUT2D eigenvalue weighted by Gasteiger charge is -2.19. The lowest BCUT2D eigenvalue weighted by atomic mass is 10.0. The summed E-state index contributed by atoms with van der Waals surface area (Å²) in [7, 11) is -2.80. The Morgan fingerprint density at radius 2 is 1.82 bits per heavy atom. The molecular formula is C6H12N2O2S. The van der Waals surface area contributed by atoms with E-state index >= 15 is 0 Å². The molecule has 0 spiro atoms. The van der Waals surface area contributed by atoms with Crippen LogP contribution in [0.5, 0.6) is 0 Å². The van der Waals surface area contributed by atoms with Crippen LogP contribution in [0.25, 0.3) is 0 Å². The summed E-state index contributed by atoms with van der Waals surface area (Å²) in [4.78, 5) is 0. The maximum atomic E-state index is 10.9. The monoisotopic (exact) mass is 176 g/mol. The molecule has 0 aliphatic carbocycles. The third-order valence-electron chi connectivity index (χ3n) is 1.99. The Morgan fingerprint density at radius 3 is 2.18 bits per heavy atom. The molecule has 0 saturated carbocycles. The van der Waals surface area contributed by atoms with Crippen LogP contribution in [0.15, 0.2) is 0 Å². The van der Waals surface area contributed by atoms with Gasteiger partial charge in [0.05, 0.1) is 17.3 Å². The van der Waals surface area contributed by atoms with E-state index in [0.29, 0.717) is 12.8 Å². The number of nitrogens with one attached hydrogen (secondary N) is 1. The molecule has 3 N–H and O–H groups in total. The van der Waals surface area contributed by atoms with E-state index in [1.807, 2.05) is 0 Å². The summed E-state index contributed by atoms with van der Waals surface area (Å²) in [5, 5.41) is 7.10. The van der Waals surface area contributed by atoms with Crippen LogP contribution in [0, 0.1) is 11.3 Å². The van der Waals surface area contributed by atoms with E-state index in [0.717, 1.165) is 0 Å². The van der Waals surface area contributed by atoms with Crippen LogP contribution in [0.4, 0.5) is 0 Å². The van der Waals surface area contributed by atoms with Gasteiger partial charge in [-0.2, -0.15) is 0 Å². The molecule has 1 saturated heterocycles. The molecule has 0 atom stereocenters. The molecule has 0 aromatic carbocycles. The molecule has 0 bridgehead atoms. The highest BCUT2D eigenvalue weighted by molar-refractivity contribution is 7.91. The molecule has 1 aliphatic heterocycles. The number of hydrogen-bond donors (Lipinski definition) is 2. The number of nitrogens with two attached hydrogens (primary N) is 1. The fourth-order valence-corrected chi connectivity index (χ4v) is 2.69. The molecule has 64 valence electrons. The number of hydrogen-bond acceptors (Lipinski definition) is 3. The minimum absolute atomic E-state index is 0.00137. The van der Waals surface area contributed by atoms with Gasteiger partial charge in [0.1, 0.15) is 9.84 Å². The molecule has 0 unspecified atom stereocenters. The standard InChI is InChI=1S/C6H12N2O2S/c7-6(8)5-1-3-11(9,10)4-2-5/h5H,1-4H2,(H3,7,8). The van der Waals surface area contributed by atoms with Crippen LogP contribution in [0.2, 0.25) is 0 Å². The first-order valence-electron chi connectivity index (χ1n) is 3.55. The molecule has 5 heteroatoms. The average Bonchev–Trinajstić information content (AvgIpc) is 1.86. The normalized spacial score (nSPS) is 24.7. The smallest absolute Gasteiger partial charge is 0.150 e. The Bertz CT molecular complexity index is 244.